The number of aromatic nitrogens is 3. The number of rotatable bonds is 4. The largest absolute Gasteiger partial charge is 0.456 e. The van der Waals surface area contributed by atoms with Crippen molar-refractivity contribution < 1.29 is 9.53 Å². The average Bonchev–Trinajstić information content (AvgIpc) is 2.57. The molecule has 0 spiro atoms. The lowest BCUT2D eigenvalue weighted by Gasteiger charge is -2.09. The number of hydrogen-bond acceptors (Lipinski definition) is 5. The van der Waals surface area contributed by atoms with Crippen LogP contribution in [0, 0.1) is 0 Å². The zero-order valence-electron chi connectivity index (χ0n) is 13.1. The van der Waals surface area contributed by atoms with Crippen LogP contribution >= 0.6 is 11.6 Å². The minimum absolute atomic E-state index is 0.0295. The molecule has 0 unspecified atom stereocenters. The quantitative estimate of drug-likeness (QED) is 0.773. The Morgan fingerprint density at radius 2 is 2.00 bits per heavy atom. The van der Waals surface area contributed by atoms with Gasteiger partial charge in [0.25, 0.3) is 11.5 Å². The molecule has 3 aromatic rings. The van der Waals surface area contributed by atoms with E-state index in [4.69, 9.17) is 22.1 Å². The first-order valence-corrected chi connectivity index (χ1v) is 7.60. The summed E-state index contributed by atoms with van der Waals surface area (Å²) in [5.41, 5.74) is 5.59. The highest BCUT2D eigenvalue weighted by Gasteiger charge is 2.15. The molecule has 0 saturated carbocycles. The normalized spacial score (nSPS) is 10.5. The van der Waals surface area contributed by atoms with Crippen LogP contribution in [0.5, 0.6) is 11.5 Å². The SMILES string of the molecule is Cn1nc(C(N)=O)c(-c2ccc(Oc3cccc(Cl)c3)cn2)cc1=O. The van der Waals surface area contributed by atoms with E-state index in [2.05, 4.69) is 10.1 Å². The second-order valence-corrected chi connectivity index (χ2v) is 5.61. The Kier molecular flexibility index (Phi) is 4.49. The molecule has 0 aliphatic rings. The first-order valence-electron chi connectivity index (χ1n) is 7.22. The lowest BCUT2D eigenvalue weighted by molar-refractivity contribution is 0.0994. The zero-order chi connectivity index (χ0) is 18.0. The van der Waals surface area contributed by atoms with Gasteiger partial charge < -0.3 is 10.5 Å². The van der Waals surface area contributed by atoms with Crippen molar-refractivity contribution in [1.82, 2.24) is 14.8 Å². The molecule has 0 aliphatic carbocycles. The summed E-state index contributed by atoms with van der Waals surface area (Å²) in [6, 6.07) is 11.5. The third kappa shape index (κ3) is 3.67. The van der Waals surface area contributed by atoms with Gasteiger partial charge in [-0.25, -0.2) is 4.68 Å². The maximum absolute atomic E-state index is 11.8. The number of pyridine rings is 1. The molecule has 1 amide bonds. The standard InChI is InChI=1S/C17H13ClN4O3/c1-22-15(23)8-13(16(21-22)17(19)24)14-6-5-12(9-20-14)25-11-4-2-3-10(18)7-11/h2-9H,1H3,(H2,19,24). The summed E-state index contributed by atoms with van der Waals surface area (Å²) in [4.78, 5) is 27.6. The molecule has 0 fully saturated rings. The second-order valence-electron chi connectivity index (χ2n) is 5.17. The minimum atomic E-state index is -0.744. The van der Waals surface area contributed by atoms with Crippen molar-refractivity contribution in [1.29, 1.82) is 0 Å². The van der Waals surface area contributed by atoms with Crippen LogP contribution in [0.1, 0.15) is 10.5 Å². The Morgan fingerprint density at radius 1 is 1.20 bits per heavy atom. The molecule has 0 aliphatic heterocycles. The van der Waals surface area contributed by atoms with Gasteiger partial charge in [-0.15, -0.1) is 0 Å². The Labute approximate surface area is 147 Å². The van der Waals surface area contributed by atoms with Gasteiger partial charge in [0.2, 0.25) is 0 Å². The summed E-state index contributed by atoms with van der Waals surface area (Å²) in [6.07, 6.45) is 1.47. The number of hydrogen-bond donors (Lipinski definition) is 1. The van der Waals surface area contributed by atoms with Crippen LogP contribution in [0.15, 0.2) is 53.5 Å². The molecule has 3 rings (SSSR count). The topological polar surface area (TPSA) is 100 Å². The van der Waals surface area contributed by atoms with E-state index in [1.165, 1.54) is 19.3 Å². The van der Waals surface area contributed by atoms with E-state index in [1.807, 2.05) is 0 Å². The molecule has 1 aromatic carbocycles. The summed E-state index contributed by atoms with van der Waals surface area (Å²) in [5, 5.41) is 4.45. The van der Waals surface area contributed by atoms with E-state index in [9.17, 15) is 9.59 Å². The van der Waals surface area contributed by atoms with Crippen LogP contribution < -0.4 is 16.0 Å². The van der Waals surface area contributed by atoms with Gasteiger partial charge in [0.05, 0.1) is 11.9 Å². The van der Waals surface area contributed by atoms with Crippen LogP contribution in [0.3, 0.4) is 0 Å². The van der Waals surface area contributed by atoms with Crippen LogP contribution in [0.25, 0.3) is 11.3 Å². The van der Waals surface area contributed by atoms with Gasteiger partial charge in [0.1, 0.15) is 11.5 Å². The number of amides is 1. The molecule has 25 heavy (non-hydrogen) atoms. The van der Waals surface area contributed by atoms with E-state index in [1.54, 1.807) is 36.4 Å². The summed E-state index contributed by atoms with van der Waals surface area (Å²) in [5.74, 6) is 0.296. The lowest BCUT2D eigenvalue weighted by atomic mass is 10.1. The van der Waals surface area contributed by atoms with Crippen LogP contribution in [-0.4, -0.2) is 20.7 Å². The molecule has 0 saturated heterocycles. The van der Waals surface area contributed by atoms with Crippen LogP contribution in [-0.2, 0) is 7.05 Å². The lowest BCUT2D eigenvalue weighted by Crippen LogP contribution is -2.25. The molecule has 2 aromatic heterocycles. The maximum atomic E-state index is 11.8. The smallest absolute Gasteiger partial charge is 0.269 e. The monoisotopic (exact) mass is 356 g/mol. The first kappa shape index (κ1) is 16.7. The first-order chi connectivity index (χ1) is 11.9. The number of ether oxygens (including phenoxy) is 1. The van der Waals surface area contributed by atoms with E-state index < -0.39 is 5.91 Å². The average molecular weight is 357 g/mol. The highest BCUT2D eigenvalue weighted by Crippen LogP contribution is 2.26. The van der Waals surface area contributed by atoms with Gasteiger partial charge in [0.15, 0.2) is 5.69 Å². The molecular weight excluding hydrogens is 344 g/mol. The molecule has 0 radical (unpaired) electrons. The Balaban J connectivity index is 1.94. The maximum Gasteiger partial charge on any atom is 0.269 e. The van der Waals surface area contributed by atoms with Gasteiger partial charge in [-0.1, -0.05) is 17.7 Å². The predicted octanol–water partition coefficient (Wildman–Crippen LogP) is 2.39. The molecule has 2 N–H and O–H groups in total. The van der Waals surface area contributed by atoms with E-state index >= 15 is 0 Å². The molecule has 8 heteroatoms. The Bertz CT molecular complexity index is 1000. The highest BCUT2D eigenvalue weighted by molar-refractivity contribution is 6.30. The number of nitrogens with zero attached hydrogens (tertiary/aromatic N) is 3. The van der Waals surface area contributed by atoms with Crippen molar-refractivity contribution in [3.8, 4) is 22.8 Å². The fourth-order valence-corrected chi connectivity index (χ4v) is 2.36. The van der Waals surface area contributed by atoms with Crippen molar-refractivity contribution >= 4 is 17.5 Å². The van der Waals surface area contributed by atoms with Crippen LogP contribution in [0.4, 0.5) is 0 Å². The third-order valence-electron chi connectivity index (χ3n) is 3.37. The summed E-state index contributed by atoms with van der Waals surface area (Å²) >= 11 is 5.91. The fraction of sp³-hybridized carbons (Fsp3) is 0.0588. The Hall–Kier alpha value is -3.19. The van der Waals surface area contributed by atoms with Crippen molar-refractivity contribution in [2.75, 3.05) is 0 Å². The second kappa shape index (κ2) is 6.74. The van der Waals surface area contributed by atoms with Gasteiger partial charge >= 0.3 is 0 Å². The molecule has 0 atom stereocenters. The molecule has 126 valence electrons. The summed E-state index contributed by atoms with van der Waals surface area (Å²) in [6.45, 7) is 0. The van der Waals surface area contributed by atoms with Gasteiger partial charge in [-0.2, -0.15) is 5.10 Å². The molecule has 2 heterocycles. The summed E-state index contributed by atoms with van der Waals surface area (Å²) < 4.78 is 6.69. The van der Waals surface area contributed by atoms with Crippen molar-refractivity contribution in [3.63, 3.8) is 0 Å². The van der Waals surface area contributed by atoms with E-state index in [0.717, 1.165) is 4.68 Å². The minimum Gasteiger partial charge on any atom is -0.456 e. The zero-order valence-corrected chi connectivity index (χ0v) is 13.9. The van der Waals surface area contributed by atoms with Gasteiger partial charge in [0, 0.05) is 23.7 Å². The number of benzene rings is 1. The van der Waals surface area contributed by atoms with Crippen molar-refractivity contribution in [2.24, 2.45) is 12.8 Å². The number of aryl methyl sites for hydroxylation is 1. The van der Waals surface area contributed by atoms with Gasteiger partial charge in [-0.3, -0.25) is 14.6 Å². The summed E-state index contributed by atoms with van der Waals surface area (Å²) in [7, 11) is 1.44. The number of nitrogens with two attached hydrogens (primary N) is 1. The third-order valence-corrected chi connectivity index (χ3v) is 3.60. The fourth-order valence-electron chi connectivity index (χ4n) is 2.18. The van der Waals surface area contributed by atoms with Gasteiger partial charge in [-0.05, 0) is 30.3 Å². The highest BCUT2D eigenvalue weighted by atomic mass is 35.5. The Morgan fingerprint density at radius 3 is 2.64 bits per heavy atom. The van der Waals surface area contributed by atoms with Crippen molar-refractivity contribution in [2.45, 2.75) is 0 Å². The van der Waals surface area contributed by atoms with E-state index in [-0.39, 0.29) is 16.8 Å². The number of carbonyl (C=O) groups is 1. The number of primary amides is 1. The molecule has 7 nitrogen and oxygen atoms in total. The van der Waals surface area contributed by atoms with Crippen LogP contribution in [0.2, 0.25) is 5.02 Å². The predicted molar refractivity (Wildman–Crippen MR) is 92.8 cm³/mol. The van der Waals surface area contributed by atoms with E-state index in [0.29, 0.717) is 22.2 Å². The molecule has 0 bridgehead atoms. The van der Waals surface area contributed by atoms with Crippen molar-refractivity contribution in [3.05, 3.63) is 69.7 Å². The number of carbonyl (C=O) groups excluding carboxylic acids is 1. The number of halogens is 1. The molecular formula is C17H13ClN4O3.